The average Bonchev–Trinajstić information content (AvgIpc) is 2.62. The highest BCUT2D eigenvalue weighted by Crippen LogP contribution is 2.11. The van der Waals surface area contributed by atoms with E-state index >= 15 is 0 Å². The zero-order chi connectivity index (χ0) is 18.4. The Labute approximate surface area is 144 Å². The number of rotatable bonds is 5. The molecule has 7 nitrogen and oxygen atoms in total. The second kappa shape index (κ2) is 7.75. The second-order valence-corrected chi connectivity index (χ2v) is 5.17. The van der Waals surface area contributed by atoms with Gasteiger partial charge in [-0.25, -0.2) is 4.79 Å². The van der Waals surface area contributed by atoms with Crippen LogP contribution in [0, 0.1) is 11.3 Å². The van der Waals surface area contributed by atoms with E-state index in [0.29, 0.717) is 16.8 Å². The van der Waals surface area contributed by atoms with Crippen LogP contribution in [0.1, 0.15) is 33.2 Å². The van der Waals surface area contributed by atoms with Crippen molar-refractivity contribution in [2.75, 3.05) is 5.32 Å². The number of primary amides is 1. The Bertz CT molecular complexity index is 836. The first-order chi connectivity index (χ1) is 11.9. The Morgan fingerprint density at radius 1 is 1.04 bits per heavy atom. The van der Waals surface area contributed by atoms with Gasteiger partial charge < -0.3 is 15.8 Å². The average molecular weight is 337 g/mol. The van der Waals surface area contributed by atoms with Crippen LogP contribution >= 0.6 is 0 Å². The van der Waals surface area contributed by atoms with E-state index < -0.39 is 23.9 Å². The summed E-state index contributed by atoms with van der Waals surface area (Å²) in [6, 6.07) is 13.8. The Balaban J connectivity index is 1.96. The summed E-state index contributed by atoms with van der Waals surface area (Å²) in [4.78, 5) is 35.1. The number of esters is 1. The topological polar surface area (TPSA) is 122 Å². The van der Waals surface area contributed by atoms with Gasteiger partial charge in [-0.1, -0.05) is 0 Å². The highest BCUT2D eigenvalue weighted by molar-refractivity contribution is 5.98. The fourth-order valence-corrected chi connectivity index (χ4v) is 1.92. The van der Waals surface area contributed by atoms with Crippen LogP contribution in [-0.2, 0) is 9.53 Å². The van der Waals surface area contributed by atoms with Gasteiger partial charge in [0.25, 0.3) is 5.91 Å². The molecule has 0 fully saturated rings. The number of nitrogens with two attached hydrogens (primary N) is 1. The molecule has 0 saturated heterocycles. The van der Waals surface area contributed by atoms with Crippen molar-refractivity contribution in [1.82, 2.24) is 0 Å². The maximum absolute atomic E-state index is 12.1. The Hall–Kier alpha value is -3.66. The molecule has 0 aliphatic carbocycles. The lowest BCUT2D eigenvalue weighted by atomic mass is 10.1. The standard InChI is InChI=1S/C18H15N3O4/c1-11(25-18(24)14-4-2-12(10-19)3-5-14)17(23)21-15-8-6-13(7-9-15)16(20)22/h2-9,11H,1H3,(H2,20,22)(H,21,23). The van der Waals surface area contributed by atoms with Gasteiger partial charge >= 0.3 is 5.97 Å². The van der Waals surface area contributed by atoms with Gasteiger partial charge in [0.2, 0.25) is 5.91 Å². The summed E-state index contributed by atoms with van der Waals surface area (Å²) in [6.45, 7) is 1.44. The predicted molar refractivity (Wildman–Crippen MR) is 89.6 cm³/mol. The number of carbonyl (C=O) groups excluding carboxylic acids is 3. The molecule has 0 aliphatic heterocycles. The first-order valence-corrected chi connectivity index (χ1v) is 7.32. The summed E-state index contributed by atoms with van der Waals surface area (Å²) in [6.07, 6.45) is -1.03. The van der Waals surface area contributed by atoms with Crippen LogP contribution in [0.4, 0.5) is 5.69 Å². The zero-order valence-corrected chi connectivity index (χ0v) is 13.4. The summed E-state index contributed by atoms with van der Waals surface area (Å²) < 4.78 is 5.10. The van der Waals surface area contributed by atoms with Gasteiger partial charge in [0, 0.05) is 11.3 Å². The molecule has 0 heterocycles. The minimum Gasteiger partial charge on any atom is -0.449 e. The fraction of sp³-hybridized carbons (Fsp3) is 0.111. The normalized spacial score (nSPS) is 11.0. The highest BCUT2D eigenvalue weighted by Gasteiger charge is 2.19. The van der Waals surface area contributed by atoms with Crippen LogP contribution < -0.4 is 11.1 Å². The predicted octanol–water partition coefficient (Wildman–Crippen LogP) is 1.84. The summed E-state index contributed by atoms with van der Waals surface area (Å²) in [5.74, 6) is -1.76. The van der Waals surface area contributed by atoms with E-state index in [-0.39, 0.29) is 5.56 Å². The Morgan fingerprint density at radius 3 is 2.12 bits per heavy atom. The van der Waals surface area contributed by atoms with Crippen molar-refractivity contribution in [2.45, 2.75) is 13.0 Å². The lowest BCUT2D eigenvalue weighted by molar-refractivity contribution is -0.123. The molecule has 7 heteroatoms. The molecule has 2 aromatic rings. The van der Waals surface area contributed by atoms with Crippen LogP contribution in [-0.4, -0.2) is 23.9 Å². The zero-order valence-electron chi connectivity index (χ0n) is 13.4. The lowest BCUT2D eigenvalue weighted by Gasteiger charge is -2.13. The molecule has 25 heavy (non-hydrogen) atoms. The van der Waals surface area contributed by atoms with Crippen LogP contribution in [0.5, 0.6) is 0 Å². The van der Waals surface area contributed by atoms with Crippen LogP contribution in [0.2, 0.25) is 0 Å². The van der Waals surface area contributed by atoms with E-state index in [1.54, 1.807) is 0 Å². The fourth-order valence-electron chi connectivity index (χ4n) is 1.92. The molecule has 0 bridgehead atoms. The van der Waals surface area contributed by atoms with E-state index in [0.717, 1.165) is 0 Å². The number of amides is 2. The number of hydrogen-bond donors (Lipinski definition) is 2. The van der Waals surface area contributed by atoms with Crippen molar-refractivity contribution in [3.8, 4) is 6.07 Å². The van der Waals surface area contributed by atoms with Gasteiger partial charge in [-0.05, 0) is 55.5 Å². The van der Waals surface area contributed by atoms with E-state index in [1.807, 2.05) is 6.07 Å². The first kappa shape index (κ1) is 17.7. The SMILES string of the molecule is CC(OC(=O)c1ccc(C#N)cc1)C(=O)Nc1ccc(C(N)=O)cc1. The van der Waals surface area contributed by atoms with Crippen molar-refractivity contribution in [1.29, 1.82) is 5.26 Å². The van der Waals surface area contributed by atoms with Crippen molar-refractivity contribution >= 4 is 23.5 Å². The monoisotopic (exact) mass is 337 g/mol. The van der Waals surface area contributed by atoms with Crippen molar-refractivity contribution in [3.05, 3.63) is 65.2 Å². The number of ether oxygens (including phenoxy) is 1. The molecule has 0 saturated carbocycles. The summed E-state index contributed by atoms with van der Waals surface area (Å²) in [5.41, 5.74) is 6.56. The van der Waals surface area contributed by atoms with Crippen molar-refractivity contribution < 1.29 is 19.1 Å². The first-order valence-electron chi connectivity index (χ1n) is 7.32. The molecule has 0 aliphatic rings. The molecule has 2 aromatic carbocycles. The smallest absolute Gasteiger partial charge is 0.338 e. The lowest BCUT2D eigenvalue weighted by Crippen LogP contribution is -2.30. The molecule has 126 valence electrons. The summed E-state index contributed by atoms with van der Waals surface area (Å²) >= 11 is 0. The minimum atomic E-state index is -1.03. The second-order valence-electron chi connectivity index (χ2n) is 5.17. The number of benzene rings is 2. The number of hydrogen-bond acceptors (Lipinski definition) is 5. The number of nitriles is 1. The van der Waals surface area contributed by atoms with Gasteiger partial charge in [-0.3, -0.25) is 9.59 Å². The molecule has 1 unspecified atom stereocenters. The summed E-state index contributed by atoms with van der Waals surface area (Å²) in [7, 11) is 0. The quantitative estimate of drug-likeness (QED) is 0.806. The molecule has 2 amide bonds. The molecule has 2 rings (SSSR count). The van der Waals surface area contributed by atoms with E-state index in [1.165, 1.54) is 55.5 Å². The molecule has 0 aromatic heterocycles. The molecular formula is C18H15N3O4. The van der Waals surface area contributed by atoms with Gasteiger partial charge in [0.05, 0.1) is 17.2 Å². The van der Waals surface area contributed by atoms with Gasteiger partial charge in [-0.15, -0.1) is 0 Å². The Kier molecular flexibility index (Phi) is 5.48. The van der Waals surface area contributed by atoms with Gasteiger partial charge in [-0.2, -0.15) is 5.26 Å². The minimum absolute atomic E-state index is 0.240. The molecule has 0 radical (unpaired) electrons. The van der Waals surface area contributed by atoms with E-state index in [2.05, 4.69) is 5.32 Å². The number of nitrogens with zero attached hydrogens (tertiary/aromatic N) is 1. The van der Waals surface area contributed by atoms with Crippen LogP contribution in [0.3, 0.4) is 0 Å². The largest absolute Gasteiger partial charge is 0.449 e. The van der Waals surface area contributed by atoms with Crippen molar-refractivity contribution in [2.24, 2.45) is 5.73 Å². The molecule has 0 spiro atoms. The van der Waals surface area contributed by atoms with Crippen molar-refractivity contribution in [3.63, 3.8) is 0 Å². The molecular weight excluding hydrogens is 322 g/mol. The highest BCUT2D eigenvalue weighted by atomic mass is 16.5. The summed E-state index contributed by atoms with van der Waals surface area (Å²) in [5, 5.41) is 11.3. The van der Waals surface area contributed by atoms with Gasteiger partial charge in [0.1, 0.15) is 0 Å². The number of anilines is 1. The Morgan fingerprint density at radius 2 is 1.60 bits per heavy atom. The van der Waals surface area contributed by atoms with E-state index in [4.69, 9.17) is 15.7 Å². The van der Waals surface area contributed by atoms with Crippen LogP contribution in [0.25, 0.3) is 0 Å². The third-order valence-corrected chi connectivity index (χ3v) is 3.34. The molecule has 3 N–H and O–H groups in total. The van der Waals surface area contributed by atoms with Gasteiger partial charge in [0.15, 0.2) is 6.10 Å². The third-order valence-electron chi connectivity index (χ3n) is 3.34. The van der Waals surface area contributed by atoms with Crippen LogP contribution in [0.15, 0.2) is 48.5 Å². The van der Waals surface area contributed by atoms with E-state index in [9.17, 15) is 14.4 Å². The maximum Gasteiger partial charge on any atom is 0.338 e. The number of carbonyl (C=O) groups is 3. The molecule has 1 atom stereocenters. The third kappa shape index (κ3) is 4.65. The number of nitrogens with one attached hydrogen (secondary N) is 1. The maximum atomic E-state index is 12.1.